The molecule has 1 heterocycles. The summed E-state index contributed by atoms with van der Waals surface area (Å²) in [6.45, 7) is 4.14. The molecule has 1 aliphatic rings. The molecule has 1 aromatic rings. The molecule has 0 amide bonds. The zero-order valence-corrected chi connectivity index (χ0v) is 10.7. The van der Waals surface area contributed by atoms with Crippen LogP contribution in [0.1, 0.15) is 51.3 Å². The summed E-state index contributed by atoms with van der Waals surface area (Å²) in [4.78, 5) is 0. The Bertz CT molecular complexity index is 374. The number of hydrogen-bond donors (Lipinski definition) is 1. The van der Waals surface area contributed by atoms with Gasteiger partial charge in [0.05, 0.1) is 5.69 Å². The van der Waals surface area contributed by atoms with E-state index in [1.807, 2.05) is 16.9 Å². The van der Waals surface area contributed by atoms with Gasteiger partial charge in [0.2, 0.25) is 0 Å². The van der Waals surface area contributed by atoms with Crippen LogP contribution in [0, 0.1) is 0 Å². The van der Waals surface area contributed by atoms with Gasteiger partial charge in [-0.1, -0.05) is 0 Å². The quantitative estimate of drug-likeness (QED) is 0.881. The summed E-state index contributed by atoms with van der Waals surface area (Å²) in [5.41, 5.74) is 5.55. The van der Waals surface area contributed by atoms with Gasteiger partial charge in [0.25, 0.3) is 0 Å². The molecule has 2 atom stereocenters. The van der Waals surface area contributed by atoms with Crippen molar-refractivity contribution in [1.29, 1.82) is 0 Å². The molecule has 0 bridgehead atoms. The average molecular weight is 239 g/mol. The molecule has 1 aliphatic carbocycles. The summed E-state index contributed by atoms with van der Waals surface area (Å²) in [6.07, 6.45) is 5.26. The van der Waals surface area contributed by atoms with E-state index in [1.54, 1.807) is 0 Å². The minimum Gasteiger partial charge on any atom is -0.328 e. The van der Waals surface area contributed by atoms with E-state index >= 15 is 0 Å². The summed E-state index contributed by atoms with van der Waals surface area (Å²) in [7, 11) is 0. The maximum atomic E-state index is 14.6. The van der Waals surface area contributed by atoms with Gasteiger partial charge in [-0.05, 0) is 45.6 Å². The number of aromatic nitrogens is 2. The summed E-state index contributed by atoms with van der Waals surface area (Å²) >= 11 is 0. The molecule has 2 N–H and O–H groups in total. The second-order valence-electron chi connectivity index (χ2n) is 5.56. The summed E-state index contributed by atoms with van der Waals surface area (Å²) in [5.74, 6) is 0. The Hall–Kier alpha value is -0.900. The van der Waals surface area contributed by atoms with Crippen molar-refractivity contribution in [1.82, 2.24) is 9.78 Å². The lowest BCUT2D eigenvalue weighted by Crippen LogP contribution is -2.39. The van der Waals surface area contributed by atoms with E-state index in [4.69, 9.17) is 5.73 Å². The second kappa shape index (κ2) is 4.77. The lowest BCUT2D eigenvalue weighted by Gasteiger charge is -2.32. The number of hydrogen-bond acceptors (Lipinski definition) is 2. The molecule has 4 heteroatoms. The van der Waals surface area contributed by atoms with Gasteiger partial charge in [-0.25, -0.2) is 4.39 Å². The Kier molecular flexibility index (Phi) is 3.52. The highest BCUT2D eigenvalue weighted by Crippen LogP contribution is 2.34. The number of halogens is 1. The minimum atomic E-state index is -1.15. The van der Waals surface area contributed by atoms with Crippen LogP contribution in [0.3, 0.4) is 0 Å². The molecule has 96 valence electrons. The Morgan fingerprint density at radius 3 is 3.00 bits per heavy atom. The van der Waals surface area contributed by atoms with Crippen molar-refractivity contribution in [3.63, 3.8) is 0 Å². The SMILES string of the molecule is CC(C)n1ccc(CC2(F)CCCC(N)C2)n1. The zero-order valence-electron chi connectivity index (χ0n) is 10.7. The van der Waals surface area contributed by atoms with Crippen LogP contribution in [0.2, 0.25) is 0 Å². The van der Waals surface area contributed by atoms with Gasteiger partial charge in [-0.3, -0.25) is 4.68 Å². The number of rotatable bonds is 3. The van der Waals surface area contributed by atoms with Crippen molar-refractivity contribution in [2.45, 2.75) is 63.7 Å². The molecule has 0 spiro atoms. The molecule has 1 fully saturated rings. The van der Waals surface area contributed by atoms with Crippen molar-refractivity contribution >= 4 is 0 Å². The topological polar surface area (TPSA) is 43.8 Å². The van der Waals surface area contributed by atoms with Gasteiger partial charge >= 0.3 is 0 Å². The fourth-order valence-corrected chi connectivity index (χ4v) is 2.60. The first-order chi connectivity index (χ1) is 7.98. The summed E-state index contributed by atoms with van der Waals surface area (Å²) in [6, 6.07) is 2.26. The fourth-order valence-electron chi connectivity index (χ4n) is 2.60. The molecule has 3 nitrogen and oxygen atoms in total. The van der Waals surface area contributed by atoms with Crippen molar-refractivity contribution in [3.8, 4) is 0 Å². The zero-order chi connectivity index (χ0) is 12.5. The number of alkyl halides is 1. The molecule has 0 radical (unpaired) electrons. The Morgan fingerprint density at radius 1 is 1.65 bits per heavy atom. The third kappa shape index (κ3) is 3.06. The lowest BCUT2D eigenvalue weighted by molar-refractivity contribution is 0.0951. The molecule has 2 rings (SSSR count). The summed E-state index contributed by atoms with van der Waals surface area (Å²) < 4.78 is 16.5. The van der Waals surface area contributed by atoms with Crippen molar-refractivity contribution in [2.75, 3.05) is 0 Å². The van der Waals surface area contributed by atoms with Crippen molar-refractivity contribution in [2.24, 2.45) is 5.73 Å². The maximum absolute atomic E-state index is 14.6. The minimum absolute atomic E-state index is 0.0148. The first-order valence-electron chi connectivity index (χ1n) is 6.47. The van der Waals surface area contributed by atoms with Crippen LogP contribution in [0.15, 0.2) is 12.3 Å². The molecule has 17 heavy (non-hydrogen) atoms. The smallest absolute Gasteiger partial charge is 0.118 e. The standard InChI is InChI=1S/C13H22FN3/c1-10(2)17-7-5-12(16-17)9-13(14)6-3-4-11(15)8-13/h5,7,10-11H,3-4,6,8-9,15H2,1-2H3. The molecule has 0 aromatic carbocycles. The van der Waals surface area contributed by atoms with E-state index < -0.39 is 5.67 Å². The van der Waals surface area contributed by atoms with Crippen LogP contribution in [0.5, 0.6) is 0 Å². The molecular weight excluding hydrogens is 217 g/mol. The lowest BCUT2D eigenvalue weighted by atomic mass is 9.81. The van der Waals surface area contributed by atoms with Crippen LogP contribution in [-0.2, 0) is 6.42 Å². The number of nitrogens with two attached hydrogens (primary N) is 1. The second-order valence-corrected chi connectivity index (χ2v) is 5.56. The van der Waals surface area contributed by atoms with Crippen LogP contribution in [0.4, 0.5) is 4.39 Å². The largest absolute Gasteiger partial charge is 0.328 e. The van der Waals surface area contributed by atoms with Crippen LogP contribution >= 0.6 is 0 Å². The van der Waals surface area contributed by atoms with Crippen LogP contribution in [0.25, 0.3) is 0 Å². The van der Waals surface area contributed by atoms with Gasteiger partial charge in [0.1, 0.15) is 5.67 Å². The predicted octanol–water partition coefficient (Wildman–Crippen LogP) is 2.62. The Balaban J connectivity index is 2.03. The van der Waals surface area contributed by atoms with E-state index in [0.717, 1.165) is 18.5 Å². The maximum Gasteiger partial charge on any atom is 0.118 e. The van der Waals surface area contributed by atoms with Gasteiger partial charge in [-0.2, -0.15) is 5.10 Å². The Morgan fingerprint density at radius 2 is 2.41 bits per heavy atom. The molecule has 1 saturated carbocycles. The van der Waals surface area contributed by atoms with Crippen LogP contribution in [-0.4, -0.2) is 21.5 Å². The summed E-state index contributed by atoms with van der Waals surface area (Å²) in [5, 5.41) is 4.41. The van der Waals surface area contributed by atoms with E-state index in [0.29, 0.717) is 25.3 Å². The van der Waals surface area contributed by atoms with E-state index in [2.05, 4.69) is 18.9 Å². The highest BCUT2D eigenvalue weighted by atomic mass is 19.1. The molecule has 0 saturated heterocycles. The predicted molar refractivity (Wildman–Crippen MR) is 66.6 cm³/mol. The fraction of sp³-hybridized carbons (Fsp3) is 0.769. The van der Waals surface area contributed by atoms with Crippen molar-refractivity contribution in [3.05, 3.63) is 18.0 Å². The number of nitrogens with zero attached hydrogens (tertiary/aromatic N) is 2. The average Bonchev–Trinajstić information content (AvgIpc) is 2.64. The van der Waals surface area contributed by atoms with Gasteiger partial charge < -0.3 is 5.73 Å². The normalized spacial score (nSPS) is 29.8. The monoisotopic (exact) mass is 239 g/mol. The van der Waals surface area contributed by atoms with E-state index in [1.165, 1.54) is 0 Å². The highest BCUT2D eigenvalue weighted by molar-refractivity contribution is 5.06. The van der Waals surface area contributed by atoms with E-state index in [9.17, 15) is 4.39 Å². The van der Waals surface area contributed by atoms with Crippen molar-refractivity contribution < 1.29 is 4.39 Å². The molecule has 0 aliphatic heterocycles. The van der Waals surface area contributed by atoms with Gasteiger partial charge in [0, 0.05) is 24.7 Å². The Labute approximate surface area is 102 Å². The first-order valence-corrected chi connectivity index (χ1v) is 6.47. The molecule has 2 unspecified atom stereocenters. The highest BCUT2D eigenvalue weighted by Gasteiger charge is 2.35. The molecular formula is C13H22FN3. The van der Waals surface area contributed by atoms with Gasteiger partial charge in [-0.15, -0.1) is 0 Å². The van der Waals surface area contributed by atoms with Gasteiger partial charge in [0.15, 0.2) is 0 Å². The molecule has 1 aromatic heterocycles. The first kappa shape index (κ1) is 12.6. The van der Waals surface area contributed by atoms with E-state index in [-0.39, 0.29) is 6.04 Å². The van der Waals surface area contributed by atoms with Crippen LogP contribution < -0.4 is 5.73 Å². The third-order valence-electron chi connectivity index (χ3n) is 3.52. The third-order valence-corrected chi connectivity index (χ3v) is 3.52.